The largest absolute Gasteiger partial charge is 0.438 e. The Morgan fingerprint density at radius 1 is 0.818 bits per heavy atom. The number of hydrogen-bond donors (Lipinski definition) is 2. The van der Waals surface area contributed by atoms with Gasteiger partial charge in [-0.3, -0.25) is 4.79 Å². The smallest absolute Gasteiger partial charge is 0.165 e. The molecule has 0 aliphatic carbocycles. The summed E-state index contributed by atoms with van der Waals surface area (Å²) in [5, 5.41) is 10.6. The van der Waals surface area contributed by atoms with Gasteiger partial charge in [-0.25, -0.2) is 0 Å². The zero-order valence-corrected chi connectivity index (χ0v) is 33.1. The average molecular weight is 772 g/mol. The van der Waals surface area contributed by atoms with E-state index < -0.39 is 30.5 Å². The van der Waals surface area contributed by atoms with E-state index in [1.54, 1.807) is 14.2 Å². The molecule has 3 N–H and O–H groups in total. The molecule has 12 heteroatoms. The van der Waals surface area contributed by atoms with E-state index in [0.717, 1.165) is 68.9 Å². The van der Waals surface area contributed by atoms with Crippen LogP contribution in [0.5, 0.6) is 0 Å². The van der Waals surface area contributed by atoms with Crippen molar-refractivity contribution in [3.05, 3.63) is 24.3 Å². The number of ketones is 1. The molecule has 7 aliphatic heterocycles. The number of ether oxygens (including phenoxy) is 9. The number of carbonyl (C=O) groups is 1. The van der Waals surface area contributed by atoms with Crippen molar-refractivity contribution in [3.8, 4) is 12.0 Å². The molecule has 0 saturated carbocycles. The number of carbonyl (C=O) groups excluding carboxylic acids is 1. The van der Waals surface area contributed by atoms with Crippen LogP contribution in [0.15, 0.2) is 24.3 Å². The Balaban J connectivity index is 1.13. The van der Waals surface area contributed by atoms with Gasteiger partial charge in [0, 0.05) is 65.4 Å². The molecule has 0 radical (unpaired) electrons. The van der Waals surface area contributed by atoms with Gasteiger partial charge < -0.3 is 53.5 Å². The highest BCUT2D eigenvalue weighted by molar-refractivity contribution is 5.79. The summed E-state index contributed by atoms with van der Waals surface area (Å²) in [5.41, 5.74) is 7.99. The number of Topliss-reactive ketones (excluding diaryl/α,β-unsaturated/α-hetero) is 1. The van der Waals surface area contributed by atoms with E-state index in [-0.39, 0.29) is 98.0 Å². The lowest BCUT2D eigenvalue weighted by Crippen LogP contribution is -2.50. The van der Waals surface area contributed by atoms with Crippen LogP contribution in [-0.2, 0) is 47.4 Å². The summed E-state index contributed by atoms with van der Waals surface area (Å²) >= 11 is 0. The minimum atomic E-state index is -0.740. The summed E-state index contributed by atoms with van der Waals surface area (Å²) in [7, 11) is 3.34. The molecule has 6 saturated heterocycles. The fourth-order valence-electron chi connectivity index (χ4n) is 10.4. The van der Waals surface area contributed by atoms with E-state index in [1.807, 2.05) is 0 Å². The third kappa shape index (κ3) is 9.54. The summed E-state index contributed by atoms with van der Waals surface area (Å²) in [6.45, 7) is 11.8. The highest BCUT2D eigenvalue weighted by Gasteiger charge is 2.54. The van der Waals surface area contributed by atoms with Gasteiger partial charge in [0.15, 0.2) is 6.10 Å². The zero-order chi connectivity index (χ0) is 38.6. The predicted octanol–water partition coefficient (Wildman–Crippen LogP) is 4.33. The lowest BCUT2D eigenvalue weighted by Gasteiger charge is -2.38. The Hall–Kier alpha value is -1.89. The minimum absolute atomic E-state index is 0.0167. The van der Waals surface area contributed by atoms with Crippen molar-refractivity contribution in [2.24, 2.45) is 17.6 Å². The van der Waals surface area contributed by atoms with Crippen LogP contribution in [0.1, 0.15) is 96.8 Å². The van der Waals surface area contributed by atoms with Crippen molar-refractivity contribution < 1.29 is 52.5 Å². The normalized spacial score (nSPS) is 44.9. The standard InChI is InChI=1S/C43H65NO11/c1-24-17-31-12-13-33-25(2)18-29(51-33)9-6-7-15-49-41(43-42(48-5)40-35(55-43)14-16-50-40)34-11-8-10-30(52-34)19-27(45)20-32-37(22-36(53-31)26(24)3)54-38(39(32)47-4)21-28(46)23-44/h24,28-43,46H,2-3,6,8-14,16-23,44H2,1,4-5H3/t24-,28?,29?,30?,31+,32?,33+,34+,35-,36-,37?,38-,39-,40?,41?,42?,43?/m1/s1. The van der Waals surface area contributed by atoms with Crippen LogP contribution in [0, 0.1) is 23.9 Å². The summed E-state index contributed by atoms with van der Waals surface area (Å²) in [6, 6.07) is 0. The summed E-state index contributed by atoms with van der Waals surface area (Å²) in [4.78, 5) is 14.1. The second-order valence-electron chi connectivity index (χ2n) is 17.1. The van der Waals surface area contributed by atoms with Crippen LogP contribution in [0.3, 0.4) is 0 Å². The van der Waals surface area contributed by atoms with Gasteiger partial charge in [0.2, 0.25) is 0 Å². The second kappa shape index (κ2) is 18.8. The molecule has 7 rings (SSSR count). The Kier molecular flexibility index (Phi) is 14.1. The van der Waals surface area contributed by atoms with Crippen LogP contribution < -0.4 is 5.73 Å². The number of nitrogens with two attached hydrogens (primary N) is 1. The van der Waals surface area contributed by atoms with E-state index in [9.17, 15) is 9.90 Å². The van der Waals surface area contributed by atoms with Gasteiger partial charge in [-0.15, -0.1) is 0 Å². The number of aliphatic hydroxyl groups is 1. The fourth-order valence-corrected chi connectivity index (χ4v) is 10.4. The maximum atomic E-state index is 14.1. The molecular formula is C43H65NO11. The van der Waals surface area contributed by atoms with E-state index >= 15 is 0 Å². The topological polar surface area (TPSA) is 146 Å². The monoisotopic (exact) mass is 771 g/mol. The van der Waals surface area contributed by atoms with Gasteiger partial charge in [0.25, 0.3) is 0 Å². The van der Waals surface area contributed by atoms with Crippen LogP contribution >= 0.6 is 0 Å². The number of methoxy groups -OCH3 is 2. The quantitative estimate of drug-likeness (QED) is 0.293. The molecule has 12 nitrogen and oxygen atoms in total. The first-order chi connectivity index (χ1) is 26.6. The number of hydrogen-bond acceptors (Lipinski definition) is 12. The average Bonchev–Trinajstić information content (AvgIpc) is 3.93. The summed E-state index contributed by atoms with van der Waals surface area (Å²) < 4.78 is 57.7. The Morgan fingerprint density at radius 3 is 2.40 bits per heavy atom. The maximum Gasteiger partial charge on any atom is 0.165 e. The number of fused-ring (bicyclic) bond motifs is 8. The van der Waals surface area contributed by atoms with Crippen LogP contribution in [0.2, 0.25) is 0 Å². The zero-order valence-electron chi connectivity index (χ0n) is 33.1. The third-order valence-corrected chi connectivity index (χ3v) is 13.4. The second-order valence-corrected chi connectivity index (χ2v) is 17.1. The third-order valence-electron chi connectivity index (χ3n) is 13.4. The molecule has 308 valence electrons. The molecule has 6 fully saturated rings. The molecule has 9 unspecified atom stereocenters. The van der Waals surface area contributed by atoms with Crippen molar-refractivity contribution in [2.45, 2.75) is 188 Å². The first kappa shape index (κ1) is 41.3. The molecule has 6 bridgehead atoms. The van der Waals surface area contributed by atoms with Crippen molar-refractivity contribution in [2.75, 3.05) is 27.4 Å². The SMILES string of the molecule is C=C1CC2CCC#COC(C3O[C@@H]4CCOC4C3OC)[C@@H]3CCCC(CC(=O)CC4C(C[C@H]5O[C@@H](CC[C@@H]1O2)C[C@@H](C)C5=C)O[C@H](CC(O)CN)[C@@H]4OC)O3. The van der Waals surface area contributed by atoms with Crippen LogP contribution in [-0.4, -0.2) is 130 Å². The van der Waals surface area contributed by atoms with Crippen molar-refractivity contribution in [3.63, 3.8) is 0 Å². The number of aliphatic hydroxyl groups excluding tert-OH is 1. The molecule has 7 heterocycles. The predicted molar refractivity (Wildman–Crippen MR) is 203 cm³/mol. The van der Waals surface area contributed by atoms with Gasteiger partial charge in [-0.2, -0.15) is 0 Å². The van der Waals surface area contributed by atoms with E-state index in [2.05, 4.69) is 32.1 Å². The molecule has 17 atom stereocenters. The first-order valence-corrected chi connectivity index (χ1v) is 21.0. The molecule has 55 heavy (non-hydrogen) atoms. The Morgan fingerprint density at radius 2 is 1.60 bits per heavy atom. The lowest BCUT2D eigenvalue weighted by molar-refractivity contribution is -0.165. The van der Waals surface area contributed by atoms with Crippen LogP contribution in [0.25, 0.3) is 0 Å². The van der Waals surface area contributed by atoms with Gasteiger partial charge >= 0.3 is 0 Å². The highest BCUT2D eigenvalue weighted by Crippen LogP contribution is 2.42. The Bertz CT molecular complexity index is 1400. The lowest BCUT2D eigenvalue weighted by atomic mass is 9.81. The Labute approximate surface area is 327 Å². The maximum absolute atomic E-state index is 14.1. The molecule has 0 aromatic heterocycles. The fraction of sp³-hybridized carbons (Fsp3) is 0.837. The molecule has 0 aromatic rings. The van der Waals surface area contributed by atoms with E-state index in [0.29, 0.717) is 25.9 Å². The van der Waals surface area contributed by atoms with Gasteiger partial charge in [0.05, 0.1) is 67.1 Å². The van der Waals surface area contributed by atoms with Crippen molar-refractivity contribution >= 4 is 5.78 Å². The van der Waals surface area contributed by atoms with Gasteiger partial charge in [-0.1, -0.05) is 26.0 Å². The van der Waals surface area contributed by atoms with Gasteiger partial charge in [-0.05, 0) is 74.9 Å². The number of rotatable bonds is 6. The van der Waals surface area contributed by atoms with Crippen molar-refractivity contribution in [1.29, 1.82) is 0 Å². The molecule has 0 amide bonds. The molecule has 7 aliphatic rings. The van der Waals surface area contributed by atoms with E-state index in [1.165, 1.54) is 0 Å². The van der Waals surface area contributed by atoms with E-state index in [4.69, 9.17) is 48.4 Å². The first-order valence-electron chi connectivity index (χ1n) is 21.0. The summed E-state index contributed by atoms with van der Waals surface area (Å²) in [5.74, 6) is 3.35. The van der Waals surface area contributed by atoms with Gasteiger partial charge in [0.1, 0.15) is 30.2 Å². The van der Waals surface area contributed by atoms with Crippen LogP contribution in [0.4, 0.5) is 0 Å². The van der Waals surface area contributed by atoms with Crippen molar-refractivity contribution in [1.82, 2.24) is 0 Å². The molecular weight excluding hydrogens is 706 g/mol. The highest BCUT2D eigenvalue weighted by atomic mass is 16.6. The molecule has 0 aromatic carbocycles. The molecule has 0 spiro atoms. The minimum Gasteiger partial charge on any atom is -0.438 e. The summed E-state index contributed by atoms with van der Waals surface area (Å²) in [6.07, 6.45) is 8.26.